The predicted molar refractivity (Wildman–Crippen MR) is 94.9 cm³/mol. The van der Waals surface area contributed by atoms with Crippen LogP contribution in [0.3, 0.4) is 0 Å². The second-order valence-corrected chi connectivity index (χ2v) is 5.56. The van der Waals surface area contributed by atoms with E-state index in [1.54, 1.807) is 18.2 Å². The molecular formula is C20H19F3O4. The average Bonchev–Trinajstić information content (AvgIpc) is 2.68. The molecule has 2 aromatic carbocycles. The summed E-state index contributed by atoms with van der Waals surface area (Å²) in [6.07, 6.45) is -0.262. The minimum Gasteiger partial charge on any atom is -0.493 e. The van der Waals surface area contributed by atoms with Gasteiger partial charge in [-0.2, -0.15) is 8.78 Å². The van der Waals surface area contributed by atoms with Gasteiger partial charge in [-0.25, -0.2) is 9.18 Å². The van der Waals surface area contributed by atoms with E-state index < -0.39 is 30.7 Å². The van der Waals surface area contributed by atoms with Crippen molar-refractivity contribution < 1.29 is 32.2 Å². The topological polar surface area (TPSA) is 44.8 Å². The van der Waals surface area contributed by atoms with Crippen molar-refractivity contribution in [2.24, 2.45) is 0 Å². The number of hydrogen-bond acceptors (Lipinski definition) is 4. The fourth-order valence-corrected chi connectivity index (χ4v) is 2.24. The normalized spacial score (nSPS) is 11.8. The Morgan fingerprint density at radius 2 is 1.70 bits per heavy atom. The zero-order valence-corrected chi connectivity index (χ0v) is 14.9. The molecule has 0 saturated carbocycles. The summed E-state index contributed by atoms with van der Waals surface area (Å²) in [6, 6.07) is 12.2. The van der Waals surface area contributed by atoms with Crippen LogP contribution in [0.2, 0.25) is 0 Å². The third kappa shape index (κ3) is 5.51. The Kier molecular flexibility index (Phi) is 6.87. The van der Waals surface area contributed by atoms with Crippen molar-refractivity contribution in [1.29, 1.82) is 0 Å². The standard InChI is InChI=1S/C20H19F3O4/c1-25-16-9-8-14(12-17(16)26-2)13-18(21)20(22,23)10-11-27-19(24)15-6-4-3-5-7-15/h3-9,12-13H,10-11H2,1-2H3/b18-13-. The largest absolute Gasteiger partial charge is 0.493 e. The molecule has 0 N–H and O–H groups in total. The van der Waals surface area contributed by atoms with Crippen molar-refractivity contribution in [3.8, 4) is 11.5 Å². The molecule has 0 heterocycles. The molecule has 0 aliphatic rings. The Hall–Kier alpha value is -2.96. The molecule has 27 heavy (non-hydrogen) atoms. The average molecular weight is 380 g/mol. The number of methoxy groups -OCH3 is 2. The lowest BCUT2D eigenvalue weighted by molar-refractivity contribution is -0.0116. The van der Waals surface area contributed by atoms with E-state index >= 15 is 0 Å². The van der Waals surface area contributed by atoms with Gasteiger partial charge in [-0.1, -0.05) is 24.3 Å². The Bertz CT molecular complexity index is 804. The van der Waals surface area contributed by atoms with Crippen molar-refractivity contribution in [2.45, 2.75) is 12.3 Å². The van der Waals surface area contributed by atoms with Gasteiger partial charge in [0.15, 0.2) is 17.3 Å². The summed E-state index contributed by atoms with van der Waals surface area (Å²) < 4.78 is 56.9. The number of ether oxygens (including phenoxy) is 3. The maximum absolute atomic E-state index is 14.0. The third-order valence-corrected chi connectivity index (χ3v) is 3.71. The second-order valence-electron chi connectivity index (χ2n) is 5.56. The summed E-state index contributed by atoms with van der Waals surface area (Å²) in [5, 5.41) is 0. The van der Waals surface area contributed by atoms with Gasteiger partial charge in [0.25, 0.3) is 0 Å². The van der Waals surface area contributed by atoms with Crippen molar-refractivity contribution in [1.82, 2.24) is 0 Å². The number of halogens is 3. The van der Waals surface area contributed by atoms with E-state index in [4.69, 9.17) is 14.2 Å². The van der Waals surface area contributed by atoms with Crippen LogP contribution in [0.25, 0.3) is 6.08 Å². The first kappa shape index (κ1) is 20.4. The molecule has 0 aromatic heterocycles. The van der Waals surface area contributed by atoms with Crippen LogP contribution in [-0.2, 0) is 4.74 Å². The van der Waals surface area contributed by atoms with E-state index in [0.29, 0.717) is 17.6 Å². The minimum absolute atomic E-state index is 0.186. The van der Waals surface area contributed by atoms with Crippen LogP contribution in [-0.4, -0.2) is 32.7 Å². The van der Waals surface area contributed by atoms with Crippen molar-refractivity contribution in [3.05, 3.63) is 65.5 Å². The van der Waals surface area contributed by atoms with Crippen LogP contribution < -0.4 is 9.47 Å². The summed E-state index contributed by atoms with van der Waals surface area (Å²) in [6.45, 7) is -0.617. The molecule has 0 fully saturated rings. The van der Waals surface area contributed by atoms with Gasteiger partial charge in [0.05, 0.1) is 32.8 Å². The third-order valence-electron chi connectivity index (χ3n) is 3.71. The molecule has 0 saturated heterocycles. The Morgan fingerprint density at radius 3 is 2.33 bits per heavy atom. The molecule has 7 heteroatoms. The van der Waals surface area contributed by atoms with Gasteiger partial charge in [0.1, 0.15) is 0 Å². The predicted octanol–water partition coefficient (Wildman–Crippen LogP) is 4.90. The molecule has 0 spiro atoms. The summed E-state index contributed by atoms with van der Waals surface area (Å²) in [5.74, 6) is -5.46. The number of esters is 1. The second kappa shape index (κ2) is 9.12. The van der Waals surface area contributed by atoms with Crippen LogP contribution in [0.4, 0.5) is 13.2 Å². The van der Waals surface area contributed by atoms with Crippen molar-refractivity contribution in [2.75, 3.05) is 20.8 Å². The monoisotopic (exact) mass is 380 g/mol. The molecule has 0 radical (unpaired) electrons. The molecule has 144 valence electrons. The molecule has 0 atom stereocenters. The van der Waals surface area contributed by atoms with E-state index in [-0.39, 0.29) is 11.1 Å². The molecular weight excluding hydrogens is 361 g/mol. The van der Waals surface area contributed by atoms with Crippen molar-refractivity contribution >= 4 is 12.0 Å². The summed E-state index contributed by atoms with van der Waals surface area (Å²) in [7, 11) is 2.82. The molecule has 0 bridgehead atoms. The van der Waals surface area contributed by atoms with Crippen molar-refractivity contribution in [3.63, 3.8) is 0 Å². The van der Waals surface area contributed by atoms with E-state index in [1.807, 2.05) is 0 Å². The SMILES string of the molecule is COc1ccc(/C=C(\F)C(F)(F)CCOC(=O)c2ccccc2)cc1OC. The van der Waals surface area contributed by atoms with E-state index in [0.717, 1.165) is 0 Å². The number of benzene rings is 2. The molecule has 0 unspecified atom stereocenters. The summed E-state index contributed by atoms with van der Waals surface area (Å²) >= 11 is 0. The zero-order valence-electron chi connectivity index (χ0n) is 14.9. The highest BCUT2D eigenvalue weighted by Crippen LogP contribution is 2.33. The zero-order chi connectivity index (χ0) is 19.9. The van der Waals surface area contributed by atoms with E-state index in [1.165, 1.54) is 44.6 Å². The molecule has 0 aliphatic heterocycles. The Morgan fingerprint density at radius 1 is 1.04 bits per heavy atom. The van der Waals surface area contributed by atoms with E-state index in [9.17, 15) is 18.0 Å². The highest BCUT2D eigenvalue weighted by atomic mass is 19.3. The minimum atomic E-state index is -3.77. The van der Waals surface area contributed by atoms with E-state index in [2.05, 4.69) is 0 Å². The van der Waals surface area contributed by atoms with Gasteiger partial charge in [-0.15, -0.1) is 0 Å². The first-order chi connectivity index (χ1) is 12.9. The van der Waals surface area contributed by atoms with Crippen LogP contribution in [0.5, 0.6) is 11.5 Å². The van der Waals surface area contributed by atoms with Crippen LogP contribution in [0, 0.1) is 0 Å². The first-order valence-electron chi connectivity index (χ1n) is 8.07. The fraction of sp³-hybridized carbons (Fsp3) is 0.250. The number of alkyl halides is 2. The lowest BCUT2D eigenvalue weighted by atomic mass is 10.1. The number of allylic oxidation sites excluding steroid dienone is 1. The van der Waals surface area contributed by atoms with Gasteiger partial charge in [-0.3, -0.25) is 0 Å². The number of carbonyl (C=O) groups excluding carboxylic acids is 1. The van der Waals surface area contributed by atoms with Gasteiger partial charge >= 0.3 is 11.9 Å². The van der Waals surface area contributed by atoms with Crippen LogP contribution in [0.15, 0.2) is 54.4 Å². The molecule has 2 aromatic rings. The Balaban J connectivity index is 2.00. The number of rotatable bonds is 8. The van der Waals surface area contributed by atoms with Gasteiger partial charge in [-0.05, 0) is 35.9 Å². The number of carbonyl (C=O) groups is 1. The highest BCUT2D eigenvalue weighted by molar-refractivity contribution is 5.89. The van der Waals surface area contributed by atoms with Gasteiger partial charge in [0.2, 0.25) is 0 Å². The quantitative estimate of drug-likeness (QED) is 0.612. The maximum Gasteiger partial charge on any atom is 0.338 e. The molecule has 0 amide bonds. The molecule has 0 aliphatic carbocycles. The maximum atomic E-state index is 14.0. The van der Waals surface area contributed by atoms with Crippen LogP contribution in [0.1, 0.15) is 22.3 Å². The lowest BCUT2D eigenvalue weighted by Crippen LogP contribution is -2.21. The lowest BCUT2D eigenvalue weighted by Gasteiger charge is -2.15. The van der Waals surface area contributed by atoms with Gasteiger partial charge < -0.3 is 14.2 Å². The molecule has 4 nitrogen and oxygen atoms in total. The Labute approximate surface area is 155 Å². The molecule has 2 rings (SSSR count). The number of hydrogen-bond donors (Lipinski definition) is 0. The fourth-order valence-electron chi connectivity index (χ4n) is 2.24. The van der Waals surface area contributed by atoms with Crippen LogP contribution >= 0.6 is 0 Å². The first-order valence-corrected chi connectivity index (χ1v) is 8.07. The highest BCUT2D eigenvalue weighted by Gasteiger charge is 2.35. The smallest absolute Gasteiger partial charge is 0.338 e. The summed E-state index contributed by atoms with van der Waals surface area (Å²) in [4.78, 5) is 11.7. The van der Waals surface area contributed by atoms with Gasteiger partial charge in [0, 0.05) is 0 Å². The summed E-state index contributed by atoms with van der Waals surface area (Å²) in [5.41, 5.74) is 0.424.